The van der Waals surface area contributed by atoms with Crippen molar-refractivity contribution in [1.82, 2.24) is 0 Å². The van der Waals surface area contributed by atoms with Gasteiger partial charge in [0, 0.05) is 30.8 Å². The summed E-state index contributed by atoms with van der Waals surface area (Å²) in [5, 5.41) is 9.44. The molecule has 1 amide bonds. The number of amides is 1. The van der Waals surface area contributed by atoms with Crippen molar-refractivity contribution in [2.45, 2.75) is 39.2 Å². The van der Waals surface area contributed by atoms with Crippen LogP contribution in [0.3, 0.4) is 0 Å². The molecule has 0 aliphatic carbocycles. The van der Waals surface area contributed by atoms with Gasteiger partial charge in [0.15, 0.2) is 0 Å². The molecule has 4 nitrogen and oxygen atoms in total. The number of rotatable bonds is 6. The maximum Gasteiger partial charge on any atom is 0.228 e. The van der Waals surface area contributed by atoms with Crippen LogP contribution in [0.1, 0.15) is 33.1 Å². The van der Waals surface area contributed by atoms with Crippen LogP contribution >= 0.6 is 0 Å². The lowest BCUT2D eigenvalue weighted by molar-refractivity contribution is -0.118. The third kappa shape index (κ3) is 4.04. The molecule has 0 aliphatic heterocycles. The van der Waals surface area contributed by atoms with Crippen molar-refractivity contribution >= 4 is 11.6 Å². The lowest BCUT2D eigenvalue weighted by atomic mass is 10.1. The number of aromatic hydroxyl groups is 1. The molecule has 0 radical (unpaired) electrons. The molecule has 1 atom stereocenters. The first-order valence-corrected chi connectivity index (χ1v) is 6.43. The fourth-order valence-electron chi connectivity index (χ4n) is 1.97. The molecule has 100 valence electrons. The first kappa shape index (κ1) is 14.5. The van der Waals surface area contributed by atoms with E-state index < -0.39 is 0 Å². The van der Waals surface area contributed by atoms with Gasteiger partial charge in [-0.1, -0.05) is 19.4 Å². The smallest absolute Gasteiger partial charge is 0.228 e. The summed E-state index contributed by atoms with van der Waals surface area (Å²) in [4.78, 5) is 13.8. The summed E-state index contributed by atoms with van der Waals surface area (Å²) < 4.78 is 0. The van der Waals surface area contributed by atoms with Crippen molar-refractivity contribution in [3.63, 3.8) is 0 Å². The molecule has 0 fully saturated rings. The van der Waals surface area contributed by atoms with Crippen LogP contribution in [-0.4, -0.2) is 23.6 Å². The molecule has 0 spiro atoms. The lowest BCUT2D eigenvalue weighted by Gasteiger charge is -2.22. The van der Waals surface area contributed by atoms with Gasteiger partial charge in [-0.2, -0.15) is 0 Å². The number of carbonyl (C=O) groups is 1. The summed E-state index contributed by atoms with van der Waals surface area (Å²) in [6.07, 6.45) is 2.17. The largest absolute Gasteiger partial charge is 0.508 e. The Hall–Kier alpha value is -1.55. The van der Waals surface area contributed by atoms with Crippen LogP contribution in [0.4, 0.5) is 5.69 Å². The average molecular weight is 250 g/mol. The second-order valence-corrected chi connectivity index (χ2v) is 4.41. The van der Waals surface area contributed by atoms with E-state index in [1.165, 1.54) is 0 Å². The van der Waals surface area contributed by atoms with Crippen LogP contribution < -0.4 is 10.6 Å². The van der Waals surface area contributed by atoms with Crippen molar-refractivity contribution in [3.8, 4) is 5.75 Å². The van der Waals surface area contributed by atoms with E-state index in [0.29, 0.717) is 18.7 Å². The Morgan fingerprint density at radius 3 is 2.72 bits per heavy atom. The fraction of sp³-hybridized carbons (Fsp3) is 0.500. The molecular weight excluding hydrogens is 228 g/mol. The van der Waals surface area contributed by atoms with Crippen molar-refractivity contribution in [2.24, 2.45) is 5.73 Å². The highest BCUT2D eigenvalue weighted by Gasteiger charge is 2.17. The second-order valence-electron chi connectivity index (χ2n) is 4.41. The first-order chi connectivity index (χ1) is 8.58. The molecule has 4 heteroatoms. The van der Waals surface area contributed by atoms with E-state index in [-0.39, 0.29) is 17.7 Å². The molecule has 1 aromatic carbocycles. The number of hydrogen-bond acceptors (Lipinski definition) is 3. The predicted octanol–water partition coefficient (Wildman–Crippen LogP) is 2.26. The maximum absolute atomic E-state index is 12.1. The highest BCUT2D eigenvalue weighted by molar-refractivity contribution is 5.93. The Kier molecular flexibility index (Phi) is 5.65. The predicted molar refractivity (Wildman–Crippen MR) is 73.6 cm³/mol. The number of nitrogens with two attached hydrogens (primary N) is 1. The number of phenolic OH excluding ortho intramolecular Hbond substituents is 1. The molecule has 0 saturated heterocycles. The van der Waals surface area contributed by atoms with Gasteiger partial charge in [-0.25, -0.2) is 0 Å². The molecule has 1 rings (SSSR count). The van der Waals surface area contributed by atoms with E-state index in [0.717, 1.165) is 12.8 Å². The standard InChI is InChI=1S/C14H22N2O2/c1-3-6-11(15)9-14(18)16(4-2)12-7-5-8-13(17)10-12/h5,7-8,10-11,17H,3-4,6,9,15H2,1-2H3. The third-order valence-corrected chi connectivity index (χ3v) is 2.85. The van der Waals surface area contributed by atoms with E-state index in [1.807, 2.05) is 13.0 Å². The Morgan fingerprint density at radius 2 is 2.17 bits per heavy atom. The van der Waals surface area contributed by atoms with Gasteiger partial charge in [-0.05, 0) is 25.5 Å². The van der Waals surface area contributed by atoms with Crippen molar-refractivity contribution in [3.05, 3.63) is 24.3 Å². The summed E-state index contributed by atoms with van der Waals surface area (Å²) in [7, 11) is 0. The quantitative estimate of drug-likeness (QED) is 0.814. The molecule has 0 bridgehead atoms. The Bertz CT molecular complexity index is 393. The molecule has 0 saturated carbocycles. The monoisotopic (exact) mass is 250 g/mol. The molecule has 1 aromatic rings. The van der Waals surface area contributed by atoms with E-state index >= 15 is 0 Å². The van der Waals surface area contributed by atoms with Gasteiger partial charge in [0.1, 0.15) is 5.75 Å². The van der Waals surface area contributed by atoms with E-state index in [4.69, 9.17) is 5.73 Å². The van der Waals surface area contributed by atoms with Gasteiger partial charge in [-0.3, -0.25) is 4.79 Å². The minimum Gasteiger partial charge on any atom is -0.508 e. The van der Waals surface area contributed by atoms with Gasteiger partial charge in [-0.15, -0.1) is 0 Å². The molecule has 1 unspecified atom stereocenters. The van der Waals surface area contributed by atoms with Gasteiger partial charge < -0.3 is 15.7 Å². The second kappa shape index (κ2) is 7.01. The van der Waals surface area contributed by atoms with Gasteiger partial charge in [0.25, 0.3) is 0 Å². The number of nitrogens with zero attached hydrogens (tertiary/aromatic N) is 1. The summed E-state index contributed by atoms with van der Waals surface area (Å²) >= 11 is 0. The van der Waals surface area contributed by atoms with E-state index in [9.17, 15) is 9.90 Å². The molecule has 18 heavy (non-hydrogen) atoms. The average Bonchev–Trinajstić information content (AvgIpc) is 2.30. The molecule has 0 heterocycles. The number of phenols is 1. The molecule has 0 aromatic heterocycles. The topological polar surface area (TPSA) is 66.6 Å². The van der Waals surface area contributed by atoms with Crippen molar-refractivity contribution in [2.75, 3.05) is 11.4 Å². The van der Waals surface area contributed by atoms with Gasteiger partial charge in [0.05, 0.1) is 0 Å². The maximum atomic E-state index is 12.1. The number of benzene rings is 1. The SMILES string of the molecule is CCCC(N)CC(=O)N(CC)c1cccc(O)c1. The zero-order valence-corrected chi connectivity index (χ0v) is 11.1. The van der Waals surface area contributed by atoms with E-state index in [1.54, 1.807) is 23.1 Å². The zero-order chi connectivity index (χ0) is 13.5. The Labute approximate surface area is 108 Å². The Balaban J connectivity index is 2.74. The normalized spacial score (nSPS) is 12.2. The van der Waals surface area contributed by atoms with Crippen molar-refractivity contribution < 1.29 is 9.90 Å². The molecule has 3 N–H and O–H groups in total. The van der Waals surface area contributed by atoms with Crippen LogP contribution in [0.2, 0.25) is 0 Å². The van der Waals surface area contributed by atoms with Crippen LogP contribution in [-0.2, 0) is 4.79 Å². The van der Waals surface area contributed by atoms with Crippen LogP contribution in [0.5, 0.6) is 5.75 Å². The zero-order valence-electron chi connectivity index (χ0n) is 11.1. The highest BCUT2D eigenvalue weighted by Crippen LogP contribution is 2.21. The first-order valence-electron chi connectivity index (χ1n) is 6.43. The van der Waals surface area contributed by atoms with Gasteiger partial charge in [0.2, 0.25) is 5.91 Å². The minimum absolute atomic E-state index is 0.00375. The van der Waals surface area contributed by atoms with Gasteiger partial charge >= 0.3 is 0 Å². The number of hydrogen-bond donors (Lipinski definition) is 2. The van der Waals surface area contributed by atoms with Crippen molar-refractivity contribution in [1.29, 1.82) is 0 Å². The van der Waals surface area contributed by atoms with Crippen LogP contribution in [0.15, 0.2) is 24.3 Å². The summed E-state index contributed by atoms with van der Waals surface area (Å²) in [5.41, 5.74) is 6.60. The summed E-state index contributed by atoms with van der Waals surface area (Å²) in [6, 6.07) is 6.63. The van der Waals surface area contributed by atoms with Crippen LogP contribution in [0.25, 0.3) is 0 Å². The highest BCUT2D eigenvalue weighted by atomic mass is 16.3. The summed E-state index contributed by atoms with van der Waals surface area (Å²) in [5.74, 6) is 0.167. The fourth-order valence-corrected chi connectivity index (χ4v) is 1.97. The summed E-state index contributed by atoms with van der Waals surface area (Å²) in [6.45, 7) is 4.53. The molecule has 0 aliphatic rings. The lowest BCUT2D eigenvalue weighted by Crippen LogP contribution is -2.35. The van der Waals surface area contributed by atoms with E-state index in [2.05, 4.69) is 6.92 Å². The van der Waals surface area contributed by atoms with Crippen LogP contribution in [0, 0.1) is 0 Å². The third-order valence-electron chi connectivity index (χ3n) is 2.85. The minimum atomic E-state index is -0.0890. The number of carbonyl (C=O) groups excluding carboxylic acids is 1. The number of anilines is 1. The Morgan fingerprint density at radius 1 is 1.44 bits per heavy atom. The molecular formula is C14H22N2O2.